The summed E-state index contributed by atoms with van der Waals surface area (Å²) in [6, 6.07) is 13.5. The lowest BCUT2D eigenvalue weighted by Crippen LogP contribution is -2.35. The van der Waals surface area contributed by atoms with Gasteiger partial charge in [-0.3, -0.25) is 9.48 Å². The fourth-order valence-corrected chi connectivity index (χ4v) is 2.65. The first kappa shape index (κ1) is 17.4. The second-order valence-corrected chi connectivity index (χ2v) is 5.59. The van der Waals surface area contributed by atoms with Crippen molar-refractivity contribution in [3.8, 4) is 23.5 Å². The number of amides is 1. The Morgan fingerprint density at radius 3 is 2.46 bits per heavy atom. The molecule has 0 spiro atoms. The molecule has 26 heavy (non-hydrogen) atoms. The van der Waals surface area contributed by atoms with Crippen molar-refractivity contribution in [2.45, 2.75) is 6.55 Å². The van der Waals surface area contributed by atoms with Gasteiger partial charge < -0.3 is 0 Å². The van der Waals surface area contributed by atoms with Crippen LogP contribution in [-0.4, -0.2) is 22.2 Å². The number of rotatable bonds is 4. The molecular weight excluding hydrogens is 336 g/mol. The number of carbonyl (C=O) groups is 1. The van der Waals surface area contributed by atoms with E-state index in [1.54, 1.807) is 49.5 Å². The maximum atomic E-state index is 13.8. The van der Waals surface area contributed by atoms with Crippen molar-refractivity contribution in [2.24, 2.45) is 7.05 Å². The largest absolute Gasteiger partial charge is 0.321 e. The van der Waals surface area contributed by atoms with E-state index in [0.29, 0.717) is 21.6 Å². The van der Waals surface area contributed by atoms with E-state index in [-0.39, 0.29) is 11.3 Å². The number of anilines is 1. The SMILES string of the molecule is C#Cc1ccc(-c2ccccc2N(C(=O)c2cnn(C)c2)C(F)F)cc1. The Labute approximate surface area is 149 Å². The predicted molar refractivity (Wildman–Crippen MR) is 95.8 cm³/mol. The van der Waals surface area contributed by atoms with Crippen LogP contribution in [0.4, 0.5) is 14.5 Å². The maximum absolute atomic E-state index is 13.8. The Bertz CT molecular complexity index is 971. The quantitative estimate of drug-likeness (QED) is 0.527. The highest BCUT2D eigenvalue weighted by Crippen LogP contribution is 2.33. The molecule has 0 bridgehead atoms. The van der Waals surface area contributed by atoms with Gasteiger partial charge in [0.15, 0.2) is 0 Å². The third kappa shape index (κ3) is 3.33. The van der Waals surface area contributed by atoms with Crippen molar-refractivity contribution < 1.29 is 13.6 Å². The number of carbonyl (C=O) groups excluding carboxylic acids is 1. The molecule has 0 saturated heterocycles. The Morgan fingerprint density at radius 1 is 1.19 bits per heavy atom. The molecule has 1 amide bonds. The molecule has 1 heterocycles. The summed E-state index contributed by atoms with van der Waals surface area (Å²) >= 11 is 0. The number of para-hydroxylation sites is 1. The number of benzene rings is 2. The minimum atomic E-state index is -3.01. The topological polar surface area (TPSA) is 38.1 Å². The molecule has 0 aliphatic carbocycles. The smallest absolute Gasteiger partial charge is 0.275 e. The summed E-state index contributed by atoms with van der Waals surface area (Å²) in [6.07, 6.45) is 8.02. The maximum Gasteiger partial charge on any atom is 0.321 e. The first-order chi connectivity index (χ1) is 12.5. The molecule has 0 radical (unpaired) electrons. The van der Waals surface area contributed by atoms with Gasteiger partial charge in [-0.25, -0.2) is 4.90 Å². The second-order valence-electron chi connectivity index (χ2n) is 5.59. The summed E-state index contributed by atoms with van der Waals surface area (Å²) in [5.74, 6) is 1.69. The summed E-state index contributed by atoms with van der Waals surface area (Å²) < 4.78 is 29.0. The monoisotopic (exact) mass is 351 g/mol. The second kappa shape index (κ2) is 7.19. The molecule has 4 nitrogen and oxygen atoms in total. The predicted octanol–water partition coefficient (Wildman–Crippen LogP) is 3.94. The fourth-order valence-electron chi connectivity index (χ4n) is 2.65. The van der Waals surface area contributed by atoms with Crippen LogP contribution in [0.25, 0.3) is 11.1 Å². The minimum absolute atomic E-state index is 0.0882. The molecule has 0 atom stereocenters. The molecule has 0 aliphatic heterocycles. The number of aromatic nitrogens is 2. The molecule has 3 aromatic rings. The Kier molecular flexibility index (Phi) is 4.81. The van der Waals surface area contributed by atoms with E-state index >= 15 is 0 Å². The molecule has 2 aromatic carbocycles. The van der Waals surface area contributed by atoms with Crippen LogP contribution in [0.3, 0.4) is 0 Å². The Balaban J connectivity index is 2.08. The lowest BCUT2D eigenvalue weighted by Gasteiger charge is -2.24. The molecule has 0 aliphatic rings. The molecule has 0 saturated carbocycles. The van der Waals surface area contributed by atoms with Crippen LogP contribution >= 0.6 is 0 Å². The van der Waals surface area contributed by atoms with E-state index < -0.39 is 12.5 Å². The number of aryl methyl sites for hydroxylation is 1. The van der Waals surface area contributed by atoms with Gasteiger partial charge in [0.25, 0.3) is 5.91 Å². The van der Waals surface area contributed by atoms with Gasteiger partial charge in [0.2, 0.25) is 0 Å². The zero-order valence-corrected chi connectivity index (χ0v) is 13.9. The fraction of sp³-hybridized carbons (Fsp3) is 0.100. The van der Waals surface area contributed by atoms with E-state index in [4.69, 9.17) is 6.42 Å². The highest BCUT2D eigenvalue weighted by Gasteiger charge is 2.28. The van der Waals surface area contributed by atoms with Crippen LogP contribution in [0, 0.1) is 12.3 Å². The number of hydrogen-bond acceptors (Lipinski definition) is 2. The Hall–Kier alpha value is -3.46. The average Bonchev–Trinajstić information content (AvgIpc) is 3.08. The van der Waals surface area contributed by atoms with Gasteiger partial charge in [-0.15, -0.1) is 6.42 Å². The van der Waals surface area contributed by atoms with Gasteiger partial charge in [0, 0.05) is 24.4 Å². The first-order valence-electron chi connectivity index (χ1n) is 7.77. The molecule has 0 fully saturated rings. The molecule has 0 N–H and O–H groups in total. The lowest BCUT2D eigenvalue weighted by molar-refractivity contribution is 0.0839. The number of terminal acetylenes is 1. The van der Waals surface area contributed by atoms with E-state index in [1.807, 2.05) is 0 Å². The normalized spacial score (nSPS) is 10.6. The van der Waals surface area contributed by atoms with Gasteiger partial charge in [-0.1, -0.05) is 36.3 Å². The molecule has 0 unspecified atom stereocenters. The Morgan fingerprint density at radius 2 is 1.88 bits per heavy atom. The van der Waals surface area contributed by atoms with E-state index in [1.165, 1.54) is 23.1 Å². The van der Waals surface area contributed by atoms with Crippen molar-refractivity contribution >= 4 is 11.6 Å². The lowest BCUT2D eigenvalue weighted by atomic mass is 10.0. The highest BCUT2D eigenvalue weighted by molar-refractivity contribution is 6.08. The van der Waals surface area contributed by atoms with Crippen molar-refractivity contribution in [2.75, 3.05) is 4.90 Å². The molecular formula is C20H15F2N3O. The number of alkyl halides is 2. The average molecular weight is 351 g/mol. The molecule has 130 valence electrons. The first-order valence-corrected chi connectivity index (χ1v) is 7.77. The van der Waals surface area contributed by atoms with Crippen LogP contribution in [0.15, 0.2) is 60.9 Å². The standard InChI is InChI=1S/C20H15F2N3O/c1-3-14-8-10-15(11-9-14)17-6-4-5-7-18(17)25(20(21)22)19(26)16-12-23-24(2)13-16/h1,4-13,20H,2H3. The van der Waals surface area contributed by atoms with Crippen molar-refractivity contribution in [1.29, 1.82) is 0 Å². The molecule has 1 aromatic heterocycles. The van der Waals surface area contributed by atoms with E-state index in [2.05, 4.69) is 11.0 Å². The molecule has 6 heteroatoms. The number of nitrogens with zero attached hydrogens (tertiary/aromatic N) is 3. The van der Waals surface area contributed by atoms with Gasteiger partial charge in [-0.05, 0) is 23.8 Å². The zero-order chi connectivity index (χ0) is 18.7. The van der Waals surface area contributed by atoms with Crippen LogP contribution < -0.4 is 4.90 Å². The van der Waals surface area contributed by atoms with Gasteiger partial charge in [0.05, 0.1) is 17.4 Å². The van der Waals surface area contributed by atoms with Crippen molar-refractivity contribution in [1.82, 2.24) is 9.78 Å². The number of halogens is 2. The van der Waals surface area contributed by atoms with Gasteiger partial charge in [-0.2, -0.15) is 13.9 Å². The minimum Gasteiger partial charge on any atom is -0.275 e. The van der Waals surface area contributed by atoms with Crippen LogP contribution in [0.1, 0.15) is 15.9 Å². The van der Waals surface area contributed by atoms with Gasteiger partial charge in [0.1, 0.15) is 0 Å². The summed E-state index contributed by atoms with van der Waals surface area (Å²) in [5, 5.41) is 3.88. The third-order valence-electron chi connectivity index (χ3n) is 3.89. The summed E-state index contributed by atoms with van der Waals surface area (Å²) in [5.41, 5.74) is 2.08. The van der Waals surface area contributed by atoms with E-state index in [9.17, 15) is 13.6 Å². The van der Waals surface area contributed by atoms with Crippen molar-refractivity contribution in [3.63, 3.8) is 0 Å². The zero-order valence-electron chi connectivity index (χ0n) is 13.9. The summed E-state index contributed by atoms with van der Waals surface area (Å²) in [4.78, 5) is 13.1. The van der Waals surface area contributed by atoms with Crippen molar-refractivity contribution in [3.05, 3.63) is 72.1 Å². The number of hydrogen-bond donors (Lipinski definition) is 0. The highest BCUT2D eigenvalue weighted by atomic mass is 19.3. The van der Waals surface area contributed by atoms with Crippen LogP contribution in [-0.2, 0) is 7.05 Å². The third-order valence-corrected chi connectivity index (χ3v) is 3.89. The van der Waals surface area contributed by atoms with Gasteiger partial charge >= 0.3 is 6.55 Å². The summed E-state index contributed by atoms with van der Waals surface area (Å²) in [6.45, 7) is -3.01. The molecule has 3 rings (SSSR count). The summed E-state index contributed by atoms with van der Waals surface area (Å²) in [7, 11) is 1.62. The van der Waals surface area contributed by atoms with Crippen LogP contribution in [0.2, 0.25) is 0 Å². The van der Waals surface area contributed by atoms with Crippen LogP contribution in [0.5, 0.6) is 0 Å². The van der Waals surface area contributed by atoms with E-state index in [0.717, 1.165) is 0 Å².